The zero-order valence-corrected chi connectivity index (χ0v) is 15.8. The van der Waals surface area contributed by atoms with Crippen molar-refractivity contribution < 1.29 is 38.1 Å². The summed E-state index contributed by atoms with van der Waals surface area (Å²) in [5.74, 6) is -1.43. The van der Waals surface area contributed by atoms with Crippen LogP contribution in [-0.2, 0) is 38.1 Å². The van der Waals surface area contributed by atoms with Crippen LogP contribution in [0.15, 0.2) is 0 Å². The number of carbonyl (C=O) groups is 4. The first-order valence-electron chi connectivity index (χ1n) is 8.59. The number of rotatable bonds is 14. The summed E-state index contributed by atoms with van der Waals surface area (Å²) >= 11 is 0. The van der Waals surface area contributed by atoms with E-state index in [0.717, 1.165) is 0 Å². The third kappa shape index (κ3) is 16.7. The minimum atomic E-state index is -0.377. The van der Waals surface area contributed by atoms with Crippen molar-refractivity contribution in [2.75, 3.05) is 46.1 Å². The maximum absolute atomic E-state index is 11.7. The third-order valence-corrected chi connectivity index (χ3v) is 3.16. The smallest absolute Gasteiger partial charge is 0.307 e. The van der Waals surface area contributed by atoms with E-state index in [-0.39, 0.29) is 50.1 Å². The molecule has 9 nitrogen and oxygen atoms in total. The quantitative estimate of drug-likeness (QED) is 0.246. The molecule has 0 radical (unpaired) electrons. The van der Waals surface area contributed by atoms with Crippen LogP contribution in [0.25, 0.3) is 0 Å². The number of unbranched alkanes of at least 4 members (excludes halogenated alkanes) is 1. The normalized spacial score (nSPS) is 10.3. The van der Waals surface area contributed by atoms with Crippen molar-refractivity contribution in [1.82, 2.24) is 4.90 Å². The van der Waals surface area contributed by atoms with Gasteiger partial charge in [-0.1, -0.05) is 0 Å². The molecule has 0 saturated heterocycles. The van der Waals surface area contributed by atoms with Gasteiger partial charge in [-0.05, 0) is 12.8 Å². The maximum Gasteiger partial charge on any atom is 0.307 e. The van der Waals surface area contributed by atoms with Gasteiger partial charge in [0.25, 0.3) is 0 Å². The standard InChI is InChI=1S/C17H29NO8/c1-14(19)23-10-4-5-11-26-17(22)6-7-18(8-12-24-15(2)20)9-13-25-16(3)21/h4-13H2,1-3H3. The van der Waals surface area contributed by atoms with Gasteiger partial charge >= 0.3 is 23.9 Å². The second-order valence-corrected chi connectivity index (χ2v) is 5.54. The van der Waals surface area contributed by atoms with Gasteiger partial charge in [0.05, 0.1) is 19.6 Å². The molecular weight excluding hydrogens is 346 g/mol. The second-order valence-electron chi connectivity index (χ2n) is 5.54. The number of esters is 4. The van der Waals surface area contributed by atoms with Gasteiger partial charge in [0, 0.05) is 40.4 Å². The summed E-state index contributed by atoms with van der Waals surface area (Å²) in [4.78, 5) is 45.8. The maximum atomic E-state index is 11.7. The number of hydrogen-bond donors (Lipinski definition) is 0. The number of nitrogens with zero attached hydrogens (tertiary/aromatic N) is 1. The molecule has 0 aliphatic rings. The number of hydrogen-bond acceptors (Lipinski definition) is 9. The van der Waals surface area contributed by atoms with E-state index >= 15 is 0 Å². The second kappa shape index (κ2) is 15.1. The van der Waals surface area contributed by atoms with Gasteiger partial charge in [-0.25, -0.2) is 0 Å². The van der Waals surface area contributed by atoms with Crippen LogP contribution in [0.1, 0.15) is 40.0 Å². The SMILES string of the molecule is CC(=O)OCCCCOC(=O)CCN(CCOC(C)=O)CCOC(C)=O. The van der Waals surface area contributed by atoms with E-state index < -0.39 is 0 Å². The Morgan fingerprint density at radius 2 is 1.04 bits per heavy atom. The molecule has 0 rings (SSSR count). The van der Waals surface area contributed by atoms with Crippen LogP contribution in [0.3, 0.4) is 0 Å². The minimum absolute atomic E-state index is 0.171. The Kier molecular flexibility index (Phi) is 13.9. The van der Waals surface area contributed by atoms with Gasteiger partial charge in [-0.3, -0.25) is 24.1 Å². The predicted octanol–water partition coefficient (Wildman–Crippen LogP) is 0.691. The predicted molar refractivity (Wildman–Crippen MR) is 91.1 cm³/mol. The highest BCUT2D eigenvalue weighted by atomic mass is 16.5. The first-order valence-corrected chi connectivity index (χ1v) is 8.59. The molecule has 26 heavy (non-hydrogen) atoms. The Morgan fingerprint density at radius 1 is 0.615 bits per heavy atom. The van der Waals surface area contributed by atoms with Crippen LogP contribution < -0.4 is 0 Å². The molecule has 0 fully saturated rings. The van der Waals surface area contributed by atoms with E-state index in [2.05, 4.69) is 0 Å². The van der Waals surface area contributed by atoms with Crippen LogP contribution in [0.2, 0.25) is 0 Å². The van der Waals surface area contributed by atoms with Crippen molar-refractivity contribution >= 4 is 23.9 Å². The molecule has 150 valence electrons. The van der Waals surface area contributed by atoms with Crippen LogP contribution in [0, 0.1) is 0 Å². The zero-order valence-electron chi connectivity index (χ0n) is 15.8. The first kappa shape index (κ1) is 23.8. The van der Waals surface area contributed by atoms with Crippen molar-refractivity contribution in [3.8, 4) is 0 Å². The van der Waals surface area contributed by atoms with Gasteiger partial charge < -0.3 is 18.9 Å². The molecule has 9 heteroatoms. The summed E-state index contributed by atoms with van der Waals surface area (Å²) in [5, 5.41) is 0. The van der Waals surface area contributed by atoms with E-state index in [0.29, 0.717) is 39.1 Å². The number of ether oxygens (including phenoxy) is 4. The van der Waals surface area contributed by atoms with E-state index in [1.54, 1.807) is 0 Å². The molecular formula is C17H29NO8. The van der Waals surface area contributed by atoms with Gasteiger partial charge in [-0.2, -0.15) is 0 Å². The van der Waals surface area contributed by atoms with Crippen LogP contribution in [0.5, 0.6) is 0 Å². The Hall–Kier alpha value is -2.16. The monoisotopic (exact) mass is 375 g/mol. The Morgan fingerprint density at radius 3 is 1.50 bits per heavy atom. The Balaban J connectivity index is 3.98. The van der Waals surface area contributed by atoms with Crippen LogP contribution in [0.4, 0.5) is 0 Å². The fraction of sp³-hybridized carbons (Fsp3) is 0.765. The van der Waals surface area contributed by atoms with Crippen LogP contribution >= 0.6 is 0 Å². The van der Waals surface area contributed by atoms with Crippen molar-refractivity contribution in [3.05, 3.63) is 0 Å². The van der Waals surface area contributed by atoms with E-state index in [1.165, 1.54) is 20.8 Å². The lowest BCUT2D eigenvalue weighted by Crippen LogP contribution is -2.34. The highest BCUT2D eigenvalue weighted by Gasteiger charge is 2.11. The highest BCUT2D eigenvalue weighted by Crippen LogP contribution is 1.98. The lowest BCUT2D eigenvalue weighted by Gasteiger charge is -2.21. The van der Waals surface area contributed by atoms with Gasteiger partial charge in [0.1, 0.15) is 13.2 Å². The van der Waals surface area contributed by atoms with Crippen molar-refractivity contribution in [3.63, 3.8) is 0 Å². The molecule has 0 saturated carbocycles. The molecule has 0 unspecified atom stereocenters. The number of carbonyl (C=O) groups excluding carboxylic acids is 4. The summed E-state index contributed by atoms with van der Waals surface area (Å²) in [6.07, 6.45) is 1.41. The molecule has 0 N–H and O–H groups in total. The summed E-state index contributed by atoms with van der Waals surface area (Å²) in [7, 11) is 0. The average molecular weight is 375 g/mol. The van der Waals surface area contributed by atoms with Crippen molar-refractivity contribution in [2.45, 2.75) is 40.0 Å². The average Bonchev–Trinajstić information content (AvgIpc) is 2.54. The lowest BCUT2D eigenvalue weighted by atomic mass is 10.3. The summed E-state index contributed by atoms with van der Waals surface area (Å²) in [6, 6.07) is 0. The first-order chi connectivity index (χ1) is 12.3. The lowest BCUT2D eigenvalue weighted by molar-refractivity contribution is -0.146. The summed E-state index contributed by atoms with van der Waals surface area (Å²) in [5.41, 5.74) is 0. The van der Waals surface area contributed by atoms with Gasteiger partial charge in [0.2, 0.25) is 0 Å². The highest BCUT2D eigenvalue weighted by molar-refractivity contribution is 5.69. The van der Waals surface area contributed by atoms with E-state index in [1.807, 2.05) is 4.90 Å². The fourth-order valence-corrected chi connectivity index (χ4v) is 1.90. The topological polar surface area (TPSA) is 108 Å². The van der Waals surface area contributed by atoms with Crippen molar-refractivity contribution in [2.24, 2.45) is 0 Å². The Bertz CT molecular complexity index is 432. The molecule has 0 aromatic carbocycles. The van der Waals surface area contributed by atoms with E-state index in [9.17, 15) is 19.2 Å². The zero-order chi connectivity index (χ0) is 19.8. The van der Waals surface area contributed by atoms with E-state index in [4.69, 9.17) is 18.9 Å². The molecule has 0 aliphatic heterocycles. The summed E-state index contributed by atoms with van der Waals surface area (Å²) in [6.45, 7) is 6.20. The fourth-order valence-electron chi connectivity index (χ4n) is 1.90. The van der Waals surface area contributed by atoms with Gasteiger partial charge in [0.15, 0.2) is 0 Å². The molecule has 0 atom stereocenters. The molecule has 0 aromatic heterocycles. The molecule has 0 aromatic rings. The van der Waals surface area contributed by atoms with Crippen molar-refractivity contribution in [1.29, 1.82) is 0 Å². The molecule has 0 bridgehead atoms. The summed E-state index contributed by atoms with van der Waals surface area (Å²) < 4.78 is 19.7. The molecule has 0 aliphatic carbocycles. The minimum Gasteiger partial charge on any atom is -0.466 e. The van der Waals surface area contributed by atoms with Gasteiger partial charge in [-0.15, -0.1) is 0 Å². The molecule has 0 spiro atoms. The Labute approximate surface area is 153 Å². The molecule has 0 heterocycles. The van der Waals surface area contributed by atoms with Crippen LogP contribution in [-0.4, -0.2) is 74.8 Å². The largest absolute Gasteiger partial charge is 0.466 e. The third-order valence-electron chi connectivity index (χ3n) is 3.16. The molecule has 0 amide bonds.